The third kappa shape index (κ3) is 5.25. The molecule has 127 valence electrons. The molecule has 4 heteroatoms. The Hall–Kier alpha value is -0.995. The molecule has 1 aromatic carbocycles. The van der Waals surface area contributed by atoms with Crippen molar-refractivity contribution in [3.8, 4) is 5.75 Å². The second-order valence-electron chi connectivity index (χ2n) is 8.19. The zero-order chi connectivity index (χ0) is 17.1. The minimum absolute atomic E-state index is 0.0840. The van der Waals surface area contributed by atoms with Crippen molar-refractivity contribution in [2.24, 2.45) is 5.41 Å². The summed E-state index contributed by atoms with van der Waals surface area (Å²) in [7, 11) is 4.02. The first-order valence-corrected chi connectivity index (χ1v) is 8.64. The average Bonchev–Trinajstić information content (AvgIpc) is 2.48. The molecule has 0 bridgehead atoms. The topological polar surface area (TPSA) is 21.7 Å². The molecule has 0 amide bonds. The highest BCUT2D eigenvalue weighted by Gasteiger charge is 2.33. The fourth-order valence-corrected chi connectivity index (χ4v) is 2.31. The molecule has 0 atom stereocenters. The molecule has 1 saturated heterocycles. The van der Waals surface area contributed by atoms with Gasteiger partial charge in [-0.2, -0.15) is 0 Å². The fraction of sp³-hybridized carbons (Fsp3) is 0.684. The Morgan fingerprint density at radius 2 is 1.57 bits per heavy atom. The van der Waals surface area contributed by atoms with Gasteiger partial charge in [-0.3, -0.25) is 0 Å². The van der Waals surface area contributed by atoms with Crippen molar-refractivity contribution in [1.82, 2.24) is 4.90 Å². The largest absolute Gasteiger partial charge is 0.490 e. The van der Waals surface area contributed by atoms with Gasteiger partial charge >= 0.3 is 7.48 Å². The number of nitrogens with zero attached hydrogens (tertiary/aromatic N) is 1. The lowest BCUT2D eigenvalue weighted by Crippen LogP contribution is -2.42. The van der Waals surface area contributed by atoms with Gasteiger partial charge in [0.2, 0.25) is 0 Å². The summed E-state index contributed by atoms with van der Waals surface area (Å²) >= 11 is 0. The Morgan fingerprint density at radius 1 is 1.00 bits per heavy atom. The predicted octanol–water partition coefficient (Wildman–Crippen LogP) is 3.25. The Bertz CT molecular complexity index is 485. The lowest BCUT2D eigenvalue weighted by molar-refractivity contribution is 0.00504. The quantitative estimate of drug-likeness (QED) is 0.779. The predicted molar refractivity (Wildman–Crippen MR) is 97.6 cm³/mol. The van der Waals surface area contributed by atoms with Crippen molar-refractivity contribution in [3.05, 3.63) is 24.3 Å². The molecule has 1 radical (unpaired) electrons. The van der Waals surface area contributed by atoms with Gasteiger partial charge in [-0.25, -0.2) is 0 Å². The second kappa shape index (κ2) is 7.27. The maximum atomic E-state index is 6.08. The van der Waals surface area contributed by atoms with Gasteiger partial charge in [-0.15, -0.1) is 0 Å². The van der Waals surface area contributed by atoms with Crippen molar-refractivity contribution < 1.29 is 9.39 Å². The minimum Gasteiger partial charge on any atom is -0.490 e. The number of likely N-dealkylation sites (tertiary alicyclic amines) is 1. The maximum absolute atomic E-state index is 6.08. The van der Waals surface area contributed by atoms with Crippen LogP contribution in [0, 0.1) is 5.41 Å². The molecule has 2 rings (SSSR count). The van der Waals surface area contributed by atoms with Crippen LogP contribution in [0.15, 0.2) is 24.3 Å². The van der Waals surface area contributed by atoms with Crippen LogP contribution in [0.2, 0.25) is 0 Å². The molecule has 3 nitrogen and oxygen atoms in total. The standard InChI is InChI=1S/C19H31BNO2/c1-18(2,3)19(4,5)23-20-15-7-9-16(10-8-15)22-17-11-13-21(6)14-12-17/h7-10,17H,11-14H2,1-6H3. The normalized spacial score (nSPS) is 18.0. The first-order chi connectivity index (χ1) is 10.7. The molecule has 0 N–H and O–H groups in total. The van der Waals surface area contributed by atoms with Crippen LogP contribution >= 0.6 is 0 Å². The summed E-state index contributed by atoms with van der Waals surface area (Å²) in [5, 5.41) is 0. The SMILES string of the molecule is CN1CCC(Oc2ccc([B]OC(C)(C)C(C)(C)C)cc2)CC1. The van der Waals surface area contributed by atoms with E-state index in [1.807, 2.05) is 19.6 Å². The molecular weight excluding hydrogens is 285 g/mol. The highest BCUT2D eigenvalue weighted by molar-refractivity contribution is 6.47. The van der Waals surface area contributed by atoms with Crippen LogP contribution in [0.3, 0.4) is 0 Å². The summed E-state index contributed by atoms with van der Waals surface area (Å²) in [6.07, 6.45) is 2.55. The molecule has 1 heterocycles. The van der Waals surface area contributed by atoms with Gasteiger partial charge in [0.1, 0.15) is 11.9 Å². The first-order valence-electron chi connectivity index (χ1n) is 8.64. The van der Waals surface area contributed by atoms with Crippen molar-refractivity contribution >= 4 is 12.9 Å². The number of hydrogen-bond acceptors (Lipinski definition) is 3. The molecule has 0 spiro atoms. The summed E-state index contributed by atoms with van der Waals surface area (Å²) in [5.41, 5.74) is 0.940. The molecule has 0 aromatic heterocycles. The monoisotopic (exact) mass is 316 g/mol. The fourth-order valence-electron chi connectivity index (χ4n) is 2.31. The molecule has 0 unspecified atom stereocenters. The Morgan fingerprint density at radius 3 is 2.09 bits per heavy atom. The number of piperidine rings is 1. The van der Waals surface area contributed by atoms with Crippen LogP contribution in [0.4, 0.5) is 0 Å². The summed E-state index contributed by atoms with van der Waals surface area (Å²) < 4.78 is 12.1. The maximum Gasteiger partial charge on any atom is 0.330 e. The molecule has 1 aromatic rings. The lowest BCUT2D eigenvalue weighted by atomic mass is 9.76. The van der Waals surface area contributed by atoms with Crippen LogP contribution in [-0.4, -0.2) is 44.2 Å². The van der Waals surface area contributed by atoms with Gasteiger partial charge in [-0.1, -0.05) is 38.4 Å². The van der Waals surface area contributed by atoms with Gasteiger partial charge in [0, 0.05) is 13.1 Å². The number of ether oxygens (including phenoxy) is 1. The highest BCUT2D eigenvalue weighted by Crippen LogP contribution is 2.32. The molecule has 23 heavy (non-hydrogen) atoms. The van der Waals surface area contributed by atoms with E-state index in [1.165, 1.54) is 0 Å². The van der Waals surface area contributed by atoms with E-state index < -0.39 is 0 Å². The van der Waals surface area contributed by atoms with Crippen molar-refractivity contribution in [1.29, 1.82) is 0 Å². The number of hydrogen-bond donors (Lipinski definition) is 0. The summed E-state index contributed by atoms with van der Waals surface area (Å²) in [5.74, 6) is 0.951. The van der Waals surface area contributed by atoms with Crippen LogP contribution in [-0.2, 0) is 4.65 Å². The van der Waals surface area contributed by atoms with E-state index in [9.17, 15) is 0 Å². The summed E-state index contributed by atoms with van der Waals surface area (Å²) in [4.78, 5) is 2.35. The smallest absolute Gasteiger partial charge is 0.330 e. The van der Waals surface area contributed by atoms with Gasteiger partial charge in [-0.05, 0) is 51.3 Å². The molecular formula is C19H31BNO2. The summed E-state index contributed by atoms with van der Waals surface area (Å²) in [6, 6.07) is 8.20. The molecule has 0 saturated carbocycles. The third-order valence-electron chi connectivity index (χ3n) is 5.14. The Kier molecular flexibility index (Phi) is 5.80. The average molecular weight is 316 g/mol. The van der Waals surface area contributed by atoms with E-state index in [1.54, 1.807) is 0 Å². The van der Waals surface area contributed by atoms with Gasteiger partial charge in [0.05, 0.1) is 5.60 Å². The zero-order valence-corrected chi connectivity index (χ0v) is 15.6. The third-order valence-corrected chi connectivity index (χ3v) is 5.14. The van der Waals surface area contributed by atoms with E-state index >= 15 is 0 Å². The first kappa shape index (κ1) is 18.3. The van der Waals surface area contributed by atoms with Crippen molar-refractivity contribution in [2.75, 3.05) is 20.1 Å². The van der Waals surface area contributed by atoms with Crippen LogP contribution in [0.25, 0.3) is 0 Å². The van der Waals surface area contributed by atoms with Gasteiger partial charge < -0.3 is 14.3 Å². The van der Waals surface area contributed by atoms with E-state index in [4.69, 9.17) is 9.39 Å². The van der Waals surface area contributed by atoms with E-state index in [-0.39, 0.29) is 11.0 Å². The highest BCUT2D eigenvalue weighted by atomic mass is 16.5. The Balaban J connectivity index is 1.85. The second-order valence-corrected chi connectivity index (χ2v) is 8.19. The van der Waals surface area contributed by atoms with E-state index in [2.05, 4.69) is 58.7 Å². The number of rotatable bonds is 5. The molecule has 1 aliphatic rings. The molecule has 1 fully saturated rings. The lowest BCUT2D eigenvalue weighted by Gasteiger charge is -2.39. The van der Waals surface area contributed by atoms with Crippen molar-refractivity contribution in [2.45, 2.75) is 59.2 Å². The molecule has 1 aliphatic heterocycles. The van der Waals surface area contributed by atoms with Crippen LogP contribution in [0.5, 0.6) is 5.75 Å². The summed E-state index contributed by atoms with van der Waals surface area (Å²) in [6.45, 7) is 13.1. The molecule has 0 aliphatic carbocycles. The minimum atomic E-state index is -0.212. The van der Waals surface area contributed by atoms with E-state index in [0.29, 0.717) is 6.10 Å². The van der Waals surface area contributed by atoms with Crippen LogP contribution in [0.1, 0.15) is 47.5 Å². The van der Waals surface area contributed by atoms with Crippen molar-refractivity contribution in [3.63, 3.8) is 0 Å². The number of benzene rings is 1. The Labute approximate surface area is 142 Å². The van der Waals surface area contributed by atoms with Gasteiger partial charge in [0.15, 0.2) is 0 Å². The van der Waals surface area contributed by atoms with Gasteiger partial charge in [0.25, 0.3) is 0 Å². The zero-order valence-electron chi connectivity index (χ0n) is 15.6. The van der Waals surface area contributed by atoms with E-state index in [0.717, 1.165) is 37.1 Å². The van der Waals surface area contributed by atoms with Crippen LogP contribution < -0.4 is 10.2 Å².